The third-order valence-electron chi connectivity index (χ3n) is 5.19. The number of rotatable bonds is 3. The van der Waals surface area contributed by atoms with E-state index in [2.05, 4.69) is 4.90 Å². The van der Waals surface area contributed by atoms with Crippen LogP contribution in [0.1, 0.15) is 35.2 Å². The third kappa shape index (κ3) is 3.67. The van der Waals surface area contributed by atoms with Gasteiger partial charge in [0.15, 0.2) is 6.23 Å². The molecule has 28 heavy (non-hydrogen) atoms. The summed E-state index contributed by atoms with van der Waals surface area (Å²) in [6.45, 7) is 1.72. The van der Waals surface area contributed by atoms with E-state index in [9.17, 15) is 9.90 Å². The minimum atomic E-state index is -1.08. The highest BCUT2D eigenvalue weighted by Gasteiger charge is 2.43. The predicted molar refractivity (Wildman–Crippen MR) is 111 cm³/mol. The summed E-state index contributed by atoms with van der Waals surface area (Å²) in [6, 6.07) is 14.2. The van der Waals surface area contributed by atoms with Crippen molar-refractivity contribution in [2.45, 2.75) is 31.7 Å². The summed E-state index contributed by atoms with van der Waals surface area (Å²) < 4.78 is 0. The number of aliphatic hydroxyl groups excluding tert-OH is 1. The number of likely N-dealkylation sites (tertiary alicyclic amines) is 1. The molecule has 1 saturated heterocycles. The van der Waals surface area contributed by atoms with Gasteiger partial charge in [-0.2, -0.15) is 0 Å². The van der Waals surface area contributed by atoms with Crippen LogP contribution in [-0.2, 0) is 0 Å². The lowest BCUT2D eigenvalue weighted by atomic mass is 10.1. The summed E-state index contributed by atoms with van der Waals surface area (Å²) in [7, 11) is 0. The maximum atomic E-state index is 13.3. The molecule has 2 atom stereocenters. The topological polar surface area (TPSA) is 56.1 Å². The van der Waals surface area contributed by atoms with Crippen LogP contribution >= 0.6 is 23.2 Å². The zero-order valence-corrected chi connectivity index (χ0v) is 16.8. The van der Waals surface area contributed by atoms with E-state index in [1.54, 1.807) is 12.1 Å². The molecule has 5 nitrogen and oxygen atoms in total. The Hall–Kier alpha value is -1.92. The summed E-state index contributed by atoms with van der Waals surface area (Å²) in [5.41, 5.74) is 1.06. The zero-order chi connectivity index (χ0) is 19.7. The molecule has 4 rings (SSSR count). The lowest BCUT2D eigenvalue weighted by Crippen LogP contribution is -2.50. The van der Waals surface area contributed by atoms with Crippen LogP contribution in [0, 0.1) is 0 Å². The minimum absolute atomic E-state index is 0.249. The van der Waals surface area contributed by atoms with Crippen molar-refractivity contribution in [1.82, 2.24) is 9.80 Å². The molecule has 1 fully saturated rings. The van der Waals surface area contributed by atoms with Gasteiger partial charge in [-0.15, -0.1) is 0 Å². The first-order valence-electron chi connectivity index (χ1n) is 9.40. The lowest BCUT2D eigenvalue weighted by molar-refractivity contribution is -0.00821. The molecule has 2 heterocycles. The molecule has 2 aromatic rings. The van der Waals surface area contributed by atoms with Crippen molar-refractivity contribution in [3.63, 3.8) is 0 Å². The Labute approximate surface area is 174 Å². The van der Waals surface area contributed by atoms with E-state index in [4.69, 9.17) is 28.2 Å². The van der Waals surface area contributed by atoms with Gasteiger partial charge >= 0.3 is 0 Å². The quantitative estimate of drug-likeness (QED) is 0.819. The summed E-state index contributed by atoms with van der Waals surface area (Å²) in [5, 5.41) is 11.8. The van der Waals surface area contributed by atoms with Crippen LogP contribution in [0.3, 0.4) is 0 Å². The zero-order valence-electron chi connectivity index (χ0n) is 15.3. The second kappa shape index (κ2) is 8.21. The van der Waals surface area contributed by atoms with Crippen molar-refractivity contribution in [3.05, 3.63) is 69.7 Å². The Balaban J connectivity index is 1.73. The Morgan fingerprint density at radius 1 is 1.04 bits per heavy atom. The van der Waals surface area contributed by atoms with Gasteiger partial charge in [-0.25, -0.2) is 4.99 Å². The average molecular weight is 418 g/mol. The van der Waals surface area contributed by atoms with E-state index >= 15 is 0 Å². The number of piperidine rings is 1. The molecule has 0 saturated carbocycles. The fourth-order valence-electron chi connectivity index (χ4n) is 3.78. The first-order chi connectivity index (χ1) is 13.6. The largest absolute Gasteiger partial charge is 0.370 e. The number of amides is 1. The molecule has 1 N–H and O–H groups in total. The second-order valence-corrected chi connectivity index (χ2v) is 7.89. The van der Waals surface area contributed by atoms with Gasteiger partial charge in [0.05, 0.1) is 10.6 Å². The van der Waals surface area contributed by atoms with Gasteiger partial charge in [-0.3, -0.25) is 14.6 Å². The van der Waals surface area contributed by atoms with Crippen LogP contribution in [0.4, 0.5) is 0 Å². The molecule has 2 aromatic carbocycles. The summed E-state index contributed by atoms with van der Waals surface area (Å²) in [6.07, 6.45) is 1.75. The number of carbonyl (C=O) groups is 1. The molecular formula is C21H21Cl2N3O2. The van der Waals surface area contributed by atoms with Gasteiger partial charge in [-0.1, -0.05) is 60.0 Å². The van der Waals surface area contributed by atoms with Gasteiger partial charge < -0.3 is 5.11 Å². The molecule has 146 valence electrons. The highest BCUT2D eigenvalue weighted by Crippen LogP contribution is 2.29. The Kier molecular flexibility index (Phi) is 5.69. The number of aliphatic hydroxyl groups is 1. The van der Waals surface area contributed by atoms with Gasteiger partial charge in [-0.05, 0) is 31.0 Å². The highest BCUT2D eigenvalue weighted by atomic mass is 35.5. The van der Waals surface area contributed by atoms with E-state index in [0.717, 1.165) is 31.5 Å². The fourth-order valence-corrected chi connectivity index (χ4v) is 4.27. The number of hydrogen-bond acceptors (Lipinski definition) is 4. The molecule has 0 bridgehead atoms. The summed E-state index contributed by atoms with van der Waals surface area (Å²) in [4.78, 5) is 21.6. The maximum absolute atomic E-state index is 13.3. The minimum Gasteiger partial charge on any atom is -0.370 e. The van der Waals surface area contributed by atoms with Crippen molar-refractivity contribution < 1.29 is 9.90 Å². The summed E-state index contributed by atoms with van der Waals surface area (Å²) in [5.74, 6) is 0.0657. The SMILES string of the molecule is O=C(c1ccc(Cl)cc1Cl)N1C(c2ccccc2)=NC(N2CCCCC2)C1O. The molecule has 0 spiro atoms. The van der Waals surface area contributed by atoms with Gasteiger partial charge in [0.2, 0.25) is 0 Å². The molecular weight excluding hydrogens is 397 g/mol. The fraction of sp³-hybridized carbons (Fsp3) is 0.333. The molecule has 7 heteroatoms. The van der Waals surface area contributed by atoms with Gasteiger partial charge in [0.25, 0.3) is 5.91 Å². The third-order valence-corrected chi connectivity index (χ3v) is 5.74. The van der Waals surface area contributed by atoms with Gasteiger partial charge in [0, 0.05) is 23.7 Å². The average Bonchev–Trinajstić information content (AvgIpc) is 3.06. The molecule has 0 aliphatic carbocycles. The first-order valence-corrected chi connectivity index (χ1v) is 10.2. The smallest absolute Gasteiger partial charge is 0.263 e. The van der Waals surface area contributed by atoms with Crippen molar-refractivity contribution in [1.29, 1.82) is 0 Å². The molecule has 2 unspecified atom stereocenters. The van der Waals surface area contributed by atoms with E-state index in [-0.39, 0.29) is 10.6 Å². The van der Waals surface area contributed by atoms with Crippen molar-refractivity contribution in [2.75, 3.05) is 13.1 Å². The van der Waals surface area contributed by atoms with Gasteiger partial charge in [0.1, 0.15) is 12.0 Å². The number of amidine groups is 1. The molecule has 1 amide bonds. The monoisotopic (exact) mass is 417 g/mol. The lowest BCUT2D eigenvalue weighted by Gasteiger charge is -2.33. The first kappa shape index (κ1) is 19.4. The van der Waals surface area contributed by atoms with Crippen LogP contribution < -0.4 is 0 Å². The summed E-state index contributed by atoms with van der Waals surface area (Å²) >= 11 is 12.2. The van der Waals surface area contributed by atoms with Crippen molar-refractivity contribution in [2.24, 2.45) is 4.99 Å². The number of benzene rings is 2. The van der Waals surface area contributed by atoms with Crippen LogP contribution in [0.2, 0.25) is 10.0 Å². The molecule has 2 aliphatic heterocycles. The molecule has 0 radical (unpaired) electrons. The Morgan fingerprint density at radius 2 is 1.75 bits per heavy atom. The van der Waals surface area contributed by atoms with Crippen LogP contribution in [0.5, 0.6) is 0 Å². The number of carbonyl (C=O) groups excluding carboxylic acids is 1. The standard InChI is InChI=1S/C21H21Cl2N3O2/c22-15-9-10-16(17(23)13-15)20(27)26-18(14-7-3-1-4-8-14)24-19(21(26)28)25-11-5-2-6-12-25/h1,3-4,7-10,13,19,21,28H,2,5-6,11-12H2. The van der Waals surface area contributed by atoms with Crippen molar-refractivity contribution in [3.8, 4) is 0 Å². The number of hydrogen-bond donors (Lipinski definition) is 1. The van der Waals surface area contributed by atoms with Crippen LogP contribution in [-0.4, -0.2) is 52.1 Å². The van der Waals surface area contributed by atoms with E-state index in [0.29, 0.717) is 10.9 Å². The van der Waals surface area contributed by atoms with Crippen LogP contribution in [0.15, 0.2) is 53.5 Å². The predicted octanol–water partition coefficient (Wildman–Crippen LogP) is 4.03. The highest BCUT2D eigenvalue weighted by molar-refractivity contribution is 6.37. The van der Waals surface area contributed by atoms with Crippen molar-refractivity contribution >= 4 is 34.9 Å². The number of aliphatic imine (C=N–C) groups is 1. The molecule has 0 aromatic heterocycles. The number of halogens is 2. The molecule has 2 aliphatic rings. The Morgan fingerprint density at radius 3 is 2.43 bits per heavy atom. The van der Waals surface area contributed by atoms with E-state index in [1.165, 1.54) is 17.4 Å². The van der Waals surface area contributed by atoms with E-state index in [1.807, 2.05) is 30.3 Å². The maximum Gasteiger partial charge on any atom is 0.263 e. The number of nitrogens with zero attached hydrogens (tertiary/aromatic N) is 3. The van der Waals surface area contributed by atoms with Crippen LogP contribution in [0.25, 0.3) is 0 Å². The van der Waals surface area contributed by atoms with E-state index < -0.39 is 18.3 Å². The normalized spacial score (nSPS) is 23.0. The Bertz CT molecular complexity index is 898. The second-order valence-electron chi connectivity index (χ2n) is 7.04.